The third kappa shape index (κ3) is 3.07. The van der Waals surface area contributed by atoms with Crippen LogP contribution in [0, 0.1) is 0 Å². The van der Waals surface area contributed by atoms with Gasteiger partial charge in [-0.3, -0.25) is 4.79 Å². The smallest absolute Gasteiger partial charge is 0.337 e. The van der Waals surface area contributed by atoms with Crippen LogP contribution in [-0.4, -0.2) is 14.7 Å². The van der Waals surface area contributed by atoms with E-state index in [1.54, 1.807) is 0 Å². The third-order valence-electron chi connectivity index (χ3n) is 2.46. The van der Waals surface area contributed by atoms with Gasteiger partial charge in [0.05, 0.1) is 0 Å². The molecule has 0 aliphatic heterocycles. The predicted octanol–water partition coefficient (Wildman–Crippen LogP) is 2.33. The van der Waals surface area contributed by atoms with E-state index in [1.165, 1.54) is 17.8 Å². The van der Waals surface area contributed by atoms with E-state index in [0.717, 1.165) is 0 Å². The highest BCUT2D eigenvalue weighted by molar-refractivity contribution is 8.00. The van der Waals surface area contributed by atoms with E-state index in [9.17, 15) is 9.59 Å². The number of nitrogens with zero attached hydrogens (tertiary/aromatic N) is 1. The van der Waals surface area contributed by atoms with Crippen LogP contribution in [0.3, 0.4) is 0 Å². The minimum absolute atomic E-state index is 0.0910. The van der Waals surface area contributed by atoms with Crippen molar-refractivity contribution in [1.29, 1.82) is 0 Å². The monoisotopic (exact) mass is 280 g/mol. The van der Waals surface area contributed by atoms with Crippen molar-refractivity contribution in [2.24, 2.45) is 0 Å². The second kappa shape index (κ2) is 4.85. The summed E-state index contributed by atoms with van der Waals surface area (Å²) in [5.41, 5.74) is 0.0265. The molecule has 0 saturated heterocycles. The first-order valence-corrected chi connectivity index (χ1v) is 6.88. The molecular weight excluding hydrogens is 264 g/mol. The van der Waals surface area contributed by atoms with Crippen LogP contribution >= 0.6 is 11.8 Å². The van der Waals surface area contributed by atoms with Gasteiger partial charge < -0.3 is 9.40 Å². The Morgan fingerprint density at radius 2 is 2.05 bits per heavy atom. The van der Waals surface area contributed by atoms with Gasteiger partial charge >= 0.3 is 5.63 Å². The first kappa shape index (κ1) is 13.9. The highest BCUT2D eigenvalue weighted by Gasteiger charge is 2.17. The van der Waals surface area contributed by atoms with Crippen LogP contribution in [0.4, 0.5) is 0 Å². The van der Waals surface area contributed by atoms with Crippen molar-refractivity contribution in [3.63, 3.8) is 0 Å². The minimum Gasteiger partial charge on any atom is -0.403 e. The molecule has 0 bridgehead atoms. The number of hydrogen-bond acceptors (Lipinski definition) is 5. The lowest BCUT2D eigenvalue weighted by atomic mass is 10.1. The predicted molar refractivity (Wildman–Crippen MR) is 75.9 cm³/mol. The molecule has 0 spiro atoms. The van der Waals surface area contributed by atoms with Gasteiger partial charge in [-0.15, -0.1) is 0 Å². The number of nitrogens with one attached hydrogen (secondary N) is 1. The maximum absolute atomic E-state index is 12.1. The van der Waals surface area contributed by atoms with Crippen molar-refractivity contribution in [2.45, 2.75) is 44.0 Å². The van der Waals surface area contributed by atoms with Gasteiger partial charge in [0.15, 0.2) is 5.16 Å². The zero-order valence-electron chi connectivity index (χ0n) is 11.4. The number of rotatable bonds is 2. The van der Waals surface area contributed by atoms with Gasteiger partial charge in [-0.25, -0.2) is 4.79 Å². The largest absolute Gasteiger partial charge is 0.403 e. The number of aromatic amines is 1. The van der Waals surface area contributed by atoms with Crippen molar-refractivity contribution >= 4 is 22.9 Å². The summed E-state index contributed by atoms with van der Waals surface area (Å²) >= 11 is 1.42. The van der Waals surface area contributed by atoms with E-state index in [1.807, 2.05) is 27.7 Å². The molecule has 19 heavy (non-hydrogen) atoms. The molecule has 0 amide bonds. The standard InChI is InChI=1S/C13H16N2O3S/c1-5-7-6-8(16)18-11-9(7)10(17)14-12(15-11)19-13(2,3)4/h6H,5H2,1-4H3,(H,14,15,17). The van der Waals surface area contributed by atoms with Gasteiger partial charge in [-0.05, 0) is 12.0 Å². The van der Waals surface area contributed by atoms with Crippen molar-refractivity contribution < 1.29 is 4.42 Å². The Morgan fingerprint density at radius 1 is 1.37 bits per heavy atom. The Morgan fingerprint density at radius 3 is 2.63 bits per heavy atom. The lowest BCUT2D eigenvalue weighted by Gasteiger charge is -2.16. The summed E-state index contributed by atoms with van der Waals surface area (Å²) < 4.78 is 4.95. The Bertz CT molecular complexity index is 725. The Hall–Kier alpha value is -1.56. The van der Waals surface area contributed by atoms with Crippen LogP contribution in [0.2, 0.25) is 0 Å². The molecule has 0 aromatic carbocycles. The average molecular weight is 280 g/mol. The summed E-state index contributed by atoms with van der Waals surface area (Å²) in [6, 6.07) is 1.34. The van der Waals surface area contributed by atoms with Crippen LogP contribution in [0.1, 0.15) is 33.3 Å². The number of thioether (sulfide) groups is 1. The van der Waals surface area contributed by atoms with Gasteiger partial charge in [0.2, 0.25) is 5.71 Å². The number of H-pyrrole nitrogens is 1. The molecule has 0 radical (unpaired) electrons. The highest BCUT2D eigenvalue weighted by atomic mass is 32.2. The third-order valence-corrected chi connectivity index (χ3v) is 3.46. The molecule has 5 nitrogen and oxygen atoms in total. The molecule has 6 heteroatoms. The molecule has 2 rings (SSSR count). The molecule has 0 fully saturated rings. The quantitative estimate of drug-likeness (QED) is 0.675. The summed E-state index contributed by atoms with van der Waals surface area (Å²) in [6.07, 6.45) is 0.582. The molecule has 1 N–H and O–H groups in total. The summed E-state index contributed by atoms with van der Waals surface area (Å²) in [6.45, 7) is 7.92. The lowest BCUT2D eigenvalue weighted by Crippen LogP contribution is -2.16. The lowest BCUT2D eigenvalue weighted by molar-refractivity contribution is 0.541. The van der Waals surface area contributed by atoms with E-state index in [0.29, 0.717) is 22.5 Å². The van der Waals surface area contributed by atoms with Gasteiger partial charge in [0.1, 0.15) is 5.39 Å². The molecule has 102 valence electrons. The molecule has 0 saturated carbocycles. The van der Waals surface area contributed by atoms with Crippen molar-refractivity contribution in [1.82, 2.24) is 9.97 Å². The van der Waals surface area contributed by atoms with Crippen LogP contribution in [0.15, 0.2) is 25.2 Å². The zero-order chi connectivity index (χ0) is 14.2. The number of aryl methyl sites for hydroxylation is 1. The summed E-state index contributed by atoms with van der Waals surface area (Å²) in [4.78, 5) is 30.5. The highest BCUT2D eigenvalue weighted by Crippen LogP contribution is 2.29. The summed E-state index contributed by atoms with van der Waals surface area (Å²) in [7, 11) is 0. The topological polar surface area (TPSA) is 76.0 Å². The Kier molecular flexibility index (Phi) is 3.54. The maximum Gasteiger partial charge on any atom is 0.337 e. The molecule has 2 heterocycles. The Labute approximate surface area is 114 Å². The summed E-state index contributed by atoms with van der Waals surface area (Å²) in [5, 5.41) is 0.821. The molecule has 2 aromatic rings. The van der Waals surface area contributed by atoms with Crippen molar-refractivity contribution in [3.8, 4) is 0 Å². The molecule has 2 aromatic heterocycles. The minimum atomic E-state index is -0.478. The molecule has 0 aliphatic rings. The molecule has 0 unspecified atom stereocenters. The van der Waals surface area contributed by atoms with Gasteiger partial charge in [-0.2, -0.15) is 4.98 Å². The molecular formula is C13H16N2O3S. The van der Waals surface area contributed by atoms with Gasteiger partial charge in [0, 0.05) is 10.8 Å². The van der Waals surface area contributed by atoms with Crippen molar-refractivity contribution in [3.05, 3.63) is 32.4 Å². The number of aromatic nitrogens is 2. The fraction of sp³-hybridized carbons (Fsp3) is 0.462. The van der Waals surface area contributed by atoms with Crippen molar-refractivity contribution in [2.75, 3.05) is 0 Å². The van der Waals surface area contributed by atoms with E-state index in [2.05, 4.69) is 9.97 Å². The molecule has 0 atom stereocenters. The fourth-order valence-corrected chi connectivity index (χ4v) is 2.60. The SMILES string of the molecule is CCc1cc(=O)oc2nc(SC(C)(C)C)[nH]c(=O)c12. The second-order valence-electron chi connectivity index (χ2n) is 5.21. The van der Waals surface area contributed by atoms with E-state index in [4.69, 9.17) is 4.42 Å². The van der Waals surface area contributed by atoms with E-state index < -0.39 is 5.63 Å². The fourth-order valence-electron chi connectivity index (χ4n) is 1.75. The van der Waals surface area contributed by atoms with Gasteiger partial charge in [0.25, 0.3) is 5.56 Å². The normalized spacial score (nSPS) is 12.0. The van der Waals surface area contributed by atoms with E-state index in [-0.39, 0.29) is 16.0 Å². The van der Waals surface area contributed by atoms with Crippen LogP contribution in [-0.2, 0) is 6.42 Å². The zero-order valence-corrected chi connectivity index (χ0v) is 12.2. The van der Waals surface area contributed by atoms with Crippen LogP contribution in [0.25, 0.3) is 11.1 Å². The average Bonchev–Trinajstić information content (AvgIpc) is 2.24. The van der Waals surface area contributed by atoms with Gasteiger partial charge in [-0.1, -0.05) is 39.5 Å². The second-order valence-corrected chi connectivity index (χ2v) is 7.03. The molecule has 0 aliphatic carbocycles. The van der Waals surface area contributed by atoms with Crippen LogP contribution < -0.4 is 11.2 Å². The maximum atomic E-state index is 12.1. The number of hydrogen-bond donors (Lipinski definition) is 1. The summed E-state index contributed by atoms with van der Waals surface area (Å²) in [5.74, 6) is 0. The number of fused-ring (bicyclic) bond motifs is 1. The first-order chi connectivity index (χ1) is 8.80. The van der Waals surface area contributed by atoms with Crippen LogP contribution in [0.5, 0.6) is 0 Å². The first-order valence-electron chi connectivity index (χ1n) is 6.06. The van der Waals surface area contributed by atoms with E-state index >= 15 is 0 Å². The Balaban J connectivity index is 2.70.